The van der Waals surface area contributed by atoms with Crippen molar-refractivity contribution in [3.8, 4) is 11.5 Å². The minimum Gasteiger partial charge on any atom is -0.496 e. The van der Waals surface area contributed by atoms with Gasteiger partial charge in [0, 0.05) is 5.56 Å². The Hall–Kier alpha value is -2.00. The van der Waals surface area contributed by atoms with E-state index in [4.69, 9.17) is 9.47 Å². The number of benzene rings is 2. The van der Waals surface area contributed by atoms with Crippen molar-refractivity contribution in [1.29, 1.82) is 0 Å². The van der Waals surface area contributed by atoms with E-state index in [1.165, 1.54) is 0 Å². The summed E-state index contributed by atoms with van der Waals surface area (Å²) >= 11 is 0. The third-order valence-corrected chi connectivity index (χ3v) is 3.51. The van der Waals surface area contributed by atoms with Crippen molar-refractivity contribution >= 4 is 0 Å². The average molecular weight is 286 g/mol. The van der Waals surface area contributed by atoms with Crippen LogP contribution in [-0.2, 0) is 0 Å². The van der Waals surface area contributed by atoms with Crippen LogP contribution < -0.4 is 9.47 Å². The first-order valence-electron chi connectivity index (χ1n) is 7.12. The third-order valence-electron chi connectivity index (χ3n) is 3.51. The van der Waals surface area contributed by atoms with E-state index in [0.29, 0.717) is 6.61 Å². The number of ether oxygens (including phenoxy) is 2. The maximum Gasteiger partial charge on any atom is 0.125 e. The highest BCUT2D eigenvalue weighted by molar-refractivity contribution is 5.45. The molecule has 0 aliphatic carbocycles. The van der Waals surface area contributed by atoms with Crippen molar-refractivity contribution in [2.24, 2.45) is 0 Å². The van der Waals surface area contributed by atoms with Gasteiger partial charge in [0.25, 0.3) is 0 Å². The number of hydrogen-bond acceptors (Lipinski definition) is 3. The fraction of sp³-hybridized carbons (Fsp3) is 0.333. The molecule has 0 bridgehead atoms. The molecular formula is C18H22O3. The van der Waals surface area contributed by atoms with Gasteiger partial charge in [0.1, 0.15) is 17.6 Å². The summed E-state index contributed by atoms with van der Waals surface area (Å²) in [7, 11) is 1.64. The molecule has 0 saturated carbocycles. The smallest absolute Gasteiger partial charge is 0.125 e. The summed E-state index contributed by atoms with van der Waals surface area (Å²) in [6.07, 6.45) is -0.735. The molecule has 2 aromatic carbocycles. The molecule has 1 atom stereocenters. The maximum atomic E-state index is 10.7. The number of methoxy groups -OCH3 is 1. The molecular weight excluding hydrogens is 264 g/mol. The molecule has 0 aliphatic heterocycles. The summed E-state index contributed by atoms with van der Waals surface area (Å²) < 4.78 is 11.0. The van der Waals surface area contributed by atoms with Crippen LogP contribution in [0.25, 0.3) is 0 Å². The predicted molar refractivity (Wildman–Crippen MR) is 84.1 cm³/mol. The zero-order valence-electron chi connectivity index (χ0n) is 13.0. The second kappa shape index (κ2) is 6.64. The van der Waals surface area contributed by atoms with Gasteiger partial charge in [-0.3, -0.25) is 0 Å². The Morgan fingerprint density at radius 3 is 2.48 bits per heavy atom. The summed E-state index contributed by atoms with van der Waals surface area (Å²) in [5, 5.41) is 10.7. The monoisotopic (exact) mass is 286 g/mol. The first-order valence-corrected chi connectivity index (χ1v) is 7.12. The molecule has 0 saturated heterocycles. The Kier molecular flexibility index (Phi) is 4.86. The lowest BCUT2D eigenvalue weighted by Gasteiger charge is -2.18. The predicted octanol–water partition coefficient (Wildman–Crippen LogP) is 3.79. The number of hydrogen-bond donors (Lipinski definition) is 1. The Bertz CT molecular complexity index is 620. The fourth-order valence-electron chi connectivity index (χ4n) is 2.35. The first kappa shape index (κ1) is 15.4. The highest BCUT2D eigenvalue weighted by atomic mass is 16.5. The highest BCUT2D eigenvalue weighted by Crippen LogP contribution is 2.33. The summed E-state index contributed by atoms with van der Waals surface area (Å²) in [6.45, 7) is 6.49. The van der Waals surface area contributed by atoms with E-state index in [0.717, 1.165) is 33.8 Å². The van der Waals surface area contributed by atoms with Crippen molar-refractivity contribution in [1.82, 2.24) is 0 Å². The molecule has 0 heterocycles. The van der Waals surface area contributed by atoms with E-state index in [2.05, 4.69) is 0 Å². The molecule has 2 rings (SSSR count). The molecule has 0 radical (unpaired) electrons. The van der Waals surface area contributed by atoms with Gasteiger partial charge in [-0.25, -0.2) is 0 Å². The fourth-order valence-corrected chi connectivity index (χ4v) is 2.35. The summed E-state index contributed by atoms with van der Waals surface area (Å²) in [5.74, 6) is 1.49. The minimum atomic E-state index is -0.735. The van der Waals surface area contributed by atoms with Crippen molar-refractivity contribution in [3.63, 3.8) is 0 Å². The molecule has 112 valence electrons. The van der Waals surface area contributed by atoms with E-state index in [-0.39, 0.29) is 0 Å². The lowest BCUT2D eigenvalue weighted by Crippen LogP contribution is -2.05. The third kappa shape index (κ3) is 3.37. The van der Waals surface area contributed by atoms with E-state index >= 15 is 0 Å². The quantitative estimate of drug-likeness (QED) is 0.908. The van der Waals surface area contributed by atoms with E-state index in [1.807, 2.05) is 57.2 Å². The molecule has 3 heteroatoms. The van der Waals surface area contributed by atoms with Gasteiger partial charge in [-0.1, -0.05) is 23.8 Å². The van der Waals surface area contributed by atoms with Crippen LogP contribution in [0.5, 0.6) is 11.5 Å². The first-order chi connectivity index (χ1) is 10.1. The molecule has 0 aromatic heterocycles. The minimum absolute atomic E-state index is 0.569. The molecule has 1 unspecified atom stereocenters. The maximum absolute atomic E-state index is 10.7. The van der Waals surface area contributed by atoms with E-state index < -0.39 is 6.10 Å². The van der Waals surface area contributed by atoms with Crippen LogP contribution in [-0.4, -0.2) is 18.8 Å². The largest absolute Gasteiger partial charge is 0.496 e. The van der Waals surface area contributed by atoms with Gasteiger partial charge < -0.3 is 14.6 Å². The van der Waals surface area contributed by atoms with Crippen LogP contribution in [0.1, 0.15) is 35.3 Å². The number of rotatable bonds is 5. The van der Waals surface area contributed by atoms with Gasteiger partial charge in [-0.05, 0) is 50.1 Å². The molecule has 2 aromatic rings. The number of aryl methyl sites for hydroxylation is 2. The molecule has 1 N–H and O–H groups in total. The van der Waals surface area contributed by atoms with Gasteiger partial charge in [-0.15, -0.1) is 0 Å². The second-order valence-corrected chi connectivity index (χ2v) is 5.11. The molecule has 0 fully saturated rings. The Balaban J connectivity index is 2.43. The SMILES string of the molecule is CCOc1ccc(C)cc1C(O)c1ccc(C)c(OC)c1. The van der Waals surface area contributed by atoms with Crippen LogP contribution in [0.15, 0.2) is 36.4 Å². The zero-order valence-corrected chi connectivity index (χ0v) is 13.0. The average Bonchev–Trinajstić information content (AvgIpc) is 2.49. The molecule has 3 nitrogen and oxygen atoms in total. The summed E-state index contributed by atoms with van der Waals surface area (Å²) in [4.78, 5) is 0. The van der Waals surface area contributed by atoms with Crippen molar-refractivity contribution in [2.75, 3.05) is 13.7 Å². The van der Waals surface area contributed by atoms with Crippen LogP contribution in [0, 0.1) is 13.8 Å². The van der Waals surface area contributed by atoms with E-state index in [1.54, 1.807) is 7.11 Å². The Morgan fingerprint density at radius 1 is 1.05 bits per heavy atom. The lowest BCUT2D eigenvalue weighted by atomic mass is 9.98. The van der Waals surface area contributed by atoms with Crippen LogP contribution >= 0.6 is 0 Å². The highest BCUT2D eigenvalue weighted by Gasteiger charge is 2.17. The molecule has 0 aliphatic rings. The van der Waals surface area contributed by atoms with Crippen molar-refractivity contribution in [2.45, 2.75) is 26.9 Å². The van der Waals surface area contributed by atoms with Crippen molar-refractivity contribution < 1.29 is 14.6 Å². The van der Waals surface area contributed by atoms with Gasteiger partial charge in [0.15, 0.2) is 0 Å². The summed E-state index contributed by atoms with van der Waals surface area (Å²) in [5.41, 5.74) is 3.71. The Morgan fingerprint density at radius 2 is 1.81 bits per heavy atom. The normalized spacial score (nSPS) is 12.0. The van der Waals surface area contributed by atoms with Gasteiger partial charge >= 0.3 is 0 Å². The van der Waals surface area contributed by atoms with E-state index in [9.17, 15) is 5.11 Å². The summed E-state index contributed by atoms with van der Waals surface area (Å²) in [6, 6.07) is 11.6. The Labute approximate surface area is 126 Å². The van der Waals surface area contributed by atoms with Crippen molar-refractivity contribution in [3.05, 3.63) is 58.7 Å². The number of aliphatic hydroxyl groups is 1. The second-order valence-electron chi connectivity index (χ2n) is 5.11. The zero-order chi connectivity index (χ0) is 15.4. The van der Waals surface area contributed by atoms with Crippen LogP contribution in [0.2, 0.25) is 0 Å². The topological polar surface area (TPSA) is 38.7 Å². The van der Waals surface area contributed by atoms with Gasteiger partial charge in [-0.2, -0.15) is 0 Å². The van der Waals surface area contributed by atoms with Gasteiger partial charge in [0.05, 0.1) is 13.7 Å². The van der Waals surface area contributed by atoms with Gasteiger partial charge in [0.2, 0.25) is 0 Å². The standard InChI is InChI=1S/C18H22O3/c1-5-21-16-9-6-12(2)10-15(16)18(19)14-8-7-13(3)17(11-14)20-4/h6-11,18-19H,5H2,1-4H3. The van der Waals surface area contributed by atoms with Crippen LogP contribution in [0.3, 0.4) is 0 Å². The van der Waals surface area contributed by atoms with Crippen LogP contribution in [0.4, 0.5) is 0 Å². The number of aliphatic hydroxyl groups excluding tert-OH is 1. The molecule has 21 heavy (non-hydrogen) atoms. The molecule has 0 amide bonds. The lowest BCUT2D eigenvalue weighted by molar-refractivity contribution is 0.211. The molecule has 0 spiro atoms.